The summed E-state index contributed by atoms with van der Waals surface area (Å²) in [6.07, 6.45) is 1.38. The molecule has 1 atom stereocenters. The smallest absolute Gasteiger partial charge is 0.330 e. The molecule has 6 nitrogen and oxygen atoms in total. The van der Waals surface area contributed by atoms with E-state index in [1.165, 1.54) is 6.20 Å². The number of Topliss-reactive ketones (excluding diaryl/α,β-unsaturated/α-hetero) is 1. The molecule has 0 spiro atoms. The van der Waals surface area contributed by atoms with Gasteiger partial charge in [-0.1, -0.05) is 60.3 Å². The molecule has 162 valence electrons. The fraction of sp³-hybridized carbons (Fsp3) is 0.292. The van der Waals surface area contributed by atoms with Crippen molar-refractivity contribution < 1.29 is 23.9 Å². The quantitative estimate of drug-likeness (QED) is 0.629. The van der Waals surface area contributed by atoms with Gasteiger partial charge in [-0.3, -0.25) is 9.59 Å². The third-order valence-electron chi connectivity index (χ3n) is 4.73. The van der Waals surface area contributed by atoms with Crippen LogP contribution in [0.5, 0.6) is 5.75 Å². The Balaban J connectivity index is 1.60. The van der Waals surface area contributed by atoms with Gasteiger partial charge >= 0.3 is 5.97 Å². The molecule has 0 bridgehead atoms. The molecule has 0 aliphatic carbocycles. The summed E-state index contributed by atoms with van der Waals surface area (Å²) < 4.78 is 10.2. The molecule has 0 saturated heterocycles. The Labute approximate surface area is 186 Å². The van der Waals surface area contributed by atoms with Crippen molar-refractivity contribution in [2.75, 3.05) is 6.61 Å². The van der Waals surface area contributed by atoms with Gasteiger partial charge in [0.2, 0.25) is 5.12 Å². The number of thioether (sulfide) groups is 1. The Morgan fingerprint density at radius 3 is 2.35 bits per heavy atom. The van der Waals surface area contributed by atoms with Crippen molar-refractivity contribution in [3.05, 3.63) is 78.0 Å². The standard InChI is InChI=1S/C24H25NO5S/c1-24(2)21(22(27)30-15-17-9-5-3-6-10-17)25-14-18(23(28)31-24)13-19(26)16-29-20-11-7-4-8-12-20/h3-12,14,21,25H,13,15-16H2,1-2H3. The van der Waals surface area contributed by atoms with Crippen LogP contribution in [0.1, 0.15) is 25.8 Å². The minimum absolute atomic E-state index is 0.0759. The monoisotopic (exact) mass is 439 g/mol. The fourth-order valence-electron chi connectivity index (χ4n) is 3.04. The predicted octanol–water partition coefficient (Wildman–Crippen LogP) is 3.66. The third-order valence-corrected chi connectivity index (χ3v) is 5.94. The fourth-order valence-corrected chi connectivity index (χ4v) is 4.06. The molecule has 7 heteroatoms. The van der Waals surface area contributed by atoms with Gasteiger partial charge in [0, 0.05) is 22.9 Å². The lowest BCUT2D eigenvalue weighted by atomic mass is 10.0. The average molecular weight is 440 g/mol. The zero-order valence-corrected chi connectivity index (χ0v) is 18.3. The van der Waals surface area contributed by atoms with Crippen molar-refractivity contribution in [3.63, 3.8) is 0 Å². The molecule has 0 aromatic heterocycles. The number of benzene rings is 2. The molecule has 1 aliphatic rings. The van der Waals surface area contributed by atoms with Gasteiger partial charge in [-0.05, 0) is 31.5 Å². The van der Waals surface area contributed by atoms with Crippen LogP contribution >= 0.6 is 11.8 Å². The number of hydrogen-bond donors (Lipinski definition) is 1. The summed E-state index contributed by atoms with van der Waals surface area (Å²) in [4.78, 5) is 37.7. The molecular formula is C24H25NO5S. The number of para-hydroxylation sites is 1. The Morgan fingerprint density at radius 2 is 1.68 bits per heavy atom. The highest BCUT2D eigenvalue weighted by Crippen LogP contribution is 2.34. The number of esters is 1. The Morgan fingerprint density at radius 1 is 1.03 bits per heavy atom. The van der Waals surface area contributed by atoms with Crippen LogP contribution in [0.3, 0.4) is 0 Å². The number of carbonyl (C=O) groups is 3. The van der Waals surface area contributed by atoms with Gasteiger partial charge in [0.1, 0.15) is 25.0 Å². The minimum Gasteiger partial charge on any atom is -0.486 e. The van der Waals surface area contributed by atoms with E-state index in [2.05, 4.69) is 5.32 Å². The van der Waals surface area contributed by atoms with Crippen LogP contribution in [-0.2, 0) is 25.7 Å². The van der Waals surface area contributed by atoms with E-state index >= 15 is 0 Å². The van der Waals surface area contributed by atoms with Gasteiger partial charge in [-0.15, -0.1) is 0 Å². The molecule has 1 unspecified atom stereocenters. The van der Waals surface area contributed by atoms with E-state index in [-0.39, 0.29) is 30.5 Å². The summed E-state index contributed by atoms with van der Waals surface area (Å²) in [5.74, 6) is -0.0916. The SMILES string of the molecule is CC1(C)SC(=O)C(CC(=O)COc2ccccc2)=CNC1C(=O)OCc1ccccc1. The number of nitrogens with one attached hydrogen (secondary N) is 1. The van der Waals surface area contributed by atoms with Crippen LogP contribution in [0.25, 0.3) is 0 Å². The Kier molecular flexibility index (Phi) is 7.52. The van der Waals surface area contributed by atoms with E-state index in [1.54, 1.807) is 26.0 Å². The summed E-state index contributed by atoms with van der Waals surface area (Å²) in [5.41, 5.74) is 1.18. The second kappa shape index (κ2) is 10.3. The second-order valence-corrected chi connectivity index (χ2v) is 9.30. The first-order chi connectivity index (χ1) is 14.8. The lowest BCUT2D eigenvalue weighted by molar-refractivity contribution is -0.147. The lowest BCUT2D eigenvalue weighted by Gasteiger charge is -2.29. The van der Waals surface area contributed by atoms with Gasteiger partial charge in [-0.2, -0.15) is 0 Å². The zero-order valence-electron chi connectivity index (χ0n) is 17.5. The normalized spacial score (nSPS) is 17.7. The maximum atomic E-state index is 12.7. The van der Waals surface area contributed by atoms with Crippen LogP contribution < -0.4 is 10.1 Å². The molecule has 2 aromatic carbocycles. The molecule has 0 fully saturated rings. The van der Waals surface area contributed by atoms with E-state index in [4.69, 9.17) is 9.47 Å². The lowest BCUT2D eigenvalue weighted by Crippen LogP contribution is -2.48. The van der Waals surface area contributed by atoms with Crippen molar-refractivity contribution in [2.24, 2.45) is 0 Å². The molecule has 1 N–H and O–H groups in total. The van der Waals surface area contributed by atoms with E-state index in [0.29, 0.717) is 11.3 Å². The predicted molar refractivity (Wildman–Crippen MR) is 119 cm³/mol. The van der Waals surface area contributed by atoms with Gasteiger partial charge in [-0.25, -0.2) is 4.79 Å². The van der Waals surface area contributed by atoms with E-state index < -0.39 is 16.8 Å². The highest BCUT2D eigenvalue weighted by Gasteiger charge is 2.41. The second-order valence-electron chi connectivity index (χ2n) is 7.67. The summed E-state index contributed by atoms with van der Waals surface area (Å²) in [6, 6.07) is 17.7. The van der Waals surface area contributed by atoms with Crippen molar-refractivity contribution in [1.82, 2.24) is 5.32 Å². The molecule has 3 rings (SSSR count). The maximum absolute atomic E-state index is 12.7. The van der Waals surface area contributed by atoms with E-state index in [1.807, 2.05) is 48.5 Å². The Hall–Kier alpha value is -3.06. The summed E-state index contributed by atoms with van der Waals surface area (Å²) in [5, 5.41) is 2.75. The highest BCUT2D eigenvalue weighted by molar-refractivity contribution is 8.15. The number of rotatable bonds is 8. The average Bonchev–Trinajstić information content (AvgIpc) is 2.87. The topological polar surface area (TPSA) is 81.7 Å². The number of ketones is 1. The number of hydrogen-bond acceptors (Lipinski definition) is 7. The van der Waals surface area contributed by atoms with E-state index in [9.17, 15) is 14.4 Å². The molecular weight excluding hydrogens is 414 g/mol. The number of carbonyl (C=O) groups excluding carboxylic acids is 3. The van der Waals surface area contributed by atoms with E-state index in [0.717, 1.165) is 17.3 Å². The molecule has 31 heavy (non-hydrogen) atoms. The minimum atomic E-state index is -0.757. The first-order valence-corrected chi connectivity index (χ1v) is 10.8. The van der Waals surface area contributed by atoms with Gasteiger partial charge < -0.3 is 14.8 Å². The van der Waals surface area contributed by atoms with Gasteiger partial charge in [0.15, 0.2) is 5.78 Å². The molecule has 0 amide bonds. The van der Waals surface area contributed by atoms with Crippen molar-refractivity contribution in [1.29, 1.82) is 0 Å². The Bertz CT molecular complexity index is 956. The zero-order chi connectivity index (χ0) is 22.3. The van der Waals surface area contributed by atoms with Crippen LogP contribution in [0, 0.1) is 0 Å². The first kappa shape index (κ1) is 22.6. The molecule has 1 heterocycles. The van der Waals surface area contributed by atoms with Gasteiger partial charge in [0.25, 0.3) is 0 Å². The molecule has 2 aromatic rings. The molecule has 1 aliphatic heterocycles. The summed E-state index contributed by atoms with van der Waals surface area (Å²) >= 11 is 1.02. The van der Waals surface area contributed by atoms with Crippen LogP contribution in [-0.4, -0.2) is 34.3 Å². The molecule has 0 radical (unpaired) electrons. The number of ether oxygens (including phenoxy) is 2. The van der Waals surface area contributed by atoms with Crippen LogP contribution in [0.15, 0.2) is 72.4 Å². The van der Waals surface area contributed by atoms with Gasteiger partial charge in [0.05, 0.1) is 0 Å². The maximum Gasteiger partial charge on any atom is 0.330 e. The molecule has 0 saturated carbocycles. The van der Waals surface area contributed by atoms with Crippen molar-refractivity contribution in [3.8, 4) is 5.75 Å². The summed E-state index contributed by atoms with van der Waals surface area (Å²) in [6.45, 7) is 3.62. The largest absolute Gasteiger partial charge is 0.486 e. The van der Waals surface area contributed by atoms with Crippen molar-refractivity contribution in [2.45, 2.75) is 37.7 Å². The van der Waals surface area contributed by atoms with Crippen molar-refractivity contribution >= 4 is 28.6 Å². The first-order valence-electron chi connectivity index (χ1n) is 9.94. The highest BCUT2D eigenvalue weighted by atomic mass is 32.2. The van der Waals surface area contributed by atoms with Crippen LogP contribution in [0.4, 0.5) is 0 Å². The third kappa shape index (κ3) is 6.46. The summed E-state index contributed by atoms with van der Waals surface area (Å²) in [7, 11) is 0. The van der Waals surface area contributed by atoms with Crippen LogP contribution in [0.2, 0.25) is 0 Å².